The minimum atomic E-state index is -0.255. The summed E-state index contributed by atoms with van der Waals surface area (Å²) in [6.45, 7) is 4.87. The van der Waals surface area contributed by atoms with Gasteiger partial charge in [-0.25, -0.2) is 0 Å². The number of ether oxygens (including phenoxy) is 1. The third-order valence-electron chi connectivity index (χ3n) is 3.44. The van der Waals surface area contributed by atoms with Crippen LogP contribution in [0.4, 0.5) is 0 Å². The molecule has 4 nitrogen and oxygen atoms in total. The molecule has 0 heterocycles. The molecule has 1 atom stereocenters. The van der Waals surface area contributed by atoms with Crippen molar-refractivity contribution in [2.24, 2.45) is 5.73 Å². The third-order valence-corrected chi connectivity index (χ3v) is 4.18. The van der Waals surface area contributed by atoms with Gasteiger partial charge in [0.15, 0.2) is 0 Å². The average Bonchev–Trinajstić information content (AvgIpc) is 2.45. The summed E-state index contributed by atoms with van der Waals surface area (Å²) in [7, 11) is 1.55. The van der Waals surface area contributed by atoms with Crippen LogP contribution in [0.1, 0.15) is 25.8 Å². The van der Waals surface area contributed by atoms with E-state index in [1.54, 1.807) is 13.2 Å². The fraction of sp³-hybridized carbons (Fsp3) is 0.533. The molecular weight excluding hydrogens is 311 g/mol. The fourth-order valence-electron chi connectivity index (χ4n) is 1.88. The second-order valence-corrected chi connectivity index (χ2v) is 6.40. The van der Waals surface area contributed by atoms with E-state index in [-0.39, 0.29) is 23.8 Å². The number of amides is 1. The van der Waals surface area contributed by atoms with Gasteiger partial charge in [0.1, 0.15) is 0 Å². The van der Waals surface area contributed by atoms with Crippen LogP contribution in [-0.4, -0.2) is 32.2 Å². The van der Waals surface area contributed by atoms with Crippen molar-refractivity contribution in [1.29, 1.82) is 0 Å². The molecule has 0 fully saturated rings. The molecule has 6 heteroatoms. The highest BCUT2D eigenvalue weighted by Crippen LogP contribution is 2.29. The molecule has 0 aromatic heterocycles. The predicted molar refractivity (Wildman–Crippen MR) is 87.0 cm³/mol. The van der Waals surface area contributed by atoms with Crippen molar-refractivity contribution in [2.45, 2.75) is 31.8 Å². The number of carbonyl (C=O) groups excluding carboxylic acids is 1. The van der Waals surface area contributed by atoms with Crippen LogP contribution in [0.3, 0.4) is 0 Å². The quantitative estimate of drug-likeness (QED) is 0.806. The molecule has 1 rings (SSSR count). The van der Waals surface area contributed by atoms with Crippen LogP contribution in [0.15, 0.2) is 18.2 Å². The number of benzene rings is 1. The van der Waals surface area contributed by atoms with Crippen LogP contribution in [0.2, 0.25) is 10.0 Å². The topological polar surface area (TPSA) is 64.3 Å². The van der Waals surface area contributed by atoms with Crippen molar-refractivity contribution in [1.82, 2.24) is 5.32 Å². The summed E-state index contributed by atoms with van der Waals surface area (Å²) in [4.78, 5) is 11.9. The van der Waals surface area contributed by atoms with Gasteiger partial charge in [-0.1, -0.05) is 43.1 Å². The van der Waals surface area contributed by atoms with Crippen molar-refractivity contribution < 1.29 is 9.53 Å². The number of hydrogen-bond acceptors (Lipinski definition) is 3. The monoisotopic (exact) mass is 332 g/mol. The van der Waals surface area contributed by atoms with Crippen molar-refractivity contribution in [2.75, 3.05) is 20.2 Å². The van der Waals surface area contributed by atoms with E-state index in [4.69, 9.17) is 33.7 Å². The summed E-state index contributed by atoms with van der Waals surface area (Å²) in [5, 5.41) is 3.93. The number of carbonyl (C=O) groups is 1. The average molecular weight is 333 g/mol. The third kappa shape index (κ3) is 5.47. The summed E-state index contributed by atoms with van der Waals surface area (Å²) < 4.78 is 5.10. The highest BCUT2D eigenvalue weighted by atomic mass is 35.5. The molecule has 0 bridgehead atoms. The number of nitrogens with two attached hydrogens (primary N) is 1. The van der Waals surface area contributed by atoms with E-state index < -0.39 is 0 Å². The van der Waals surface area contributed by atoms with Crippen LogP contribution in [0.25, 0.3) is 0 Å². The lowest BCUT2D eigenvalue weighted by Gasteiger charge is -2.26. The van der Waals surface area contributed by atoms with Gasteiger partial charge in [-0.3, -0.25) is 4.79 Å². The summed E-state index contributed by atoms with van der Waals surface area (Å²) >= 11 is 12.0. The van der Waals surface area contributed by atoms with Gasteiger partial charge >= 0.3 is 0 Å². The molecule has 1 amide bonds. The van der Waals surface area contributed by atoms with Crippen LogP contribution >= 0.6 is 23.2 Å². The van der Waals surface area contributed by atoms with Crippen LogP contribution < -0.4 is 11.1 Å². The lowest BCUT2D eigenvalue weighted by atomic mass is 9.84. The first kappa shape index (κ1) is 18.2. The number of hydrogen-bond donors (Lipinski definition) is 2. The van der Waals surface area contributed by atoms with Gasteiger partial charge in [0, 0.05) is 25.6 Å². The minimum Gasteiger partial charge on any atom is -0.380 e. The lowest BCUT2D eigenvalue weighted by molar-refractivity contribution is -0.123. The number of nitrogens with one attached hydrogen (secondary N) is 1. The minimum absolute atomic E-state index is 0.0829. The standard InChI is InChI=1S/C15H22Cl2N2O2/c1-15(2,10-4-5-12(16)13(17)6-10)9-19-14(20)7-11(8-18)21-3/h4-6,11H,7-9,18H2,1-3H3,(H,19,20). The van der Waals surface area contributed by atoms with Crippen molar-refractivity contribution >= 4 is 29.1 Å². The fourth-order valence-corrected chi connectivity index (χ4v) is 2.18. The van der Waals surface area contributed by atoms with E-state index in [1.165, 1.54) is 0 Å². The van der Waals surface area contributed by atoms with Gasteiger partial charge in [-0.15, -0.1) is 0 Å². The Morgan fingerprint density at radius 1 is 1.38 bits per heavy atom. The van der Waals surface area contributed by atoms with Gasteiger partial charge in [0.25, 0.3) is 0 Å². The molecule has 0 aliphatic carbocycles. The van der Waals surface area contributed by atoms with E-state index in [9.17, 15) is 4.79 Å². The van der Waals surface area contributed by atoms with E-state index in [0.29, 0.717) is 23.1 Å². The molecule has 0 aliphatic heterocycles. The molecule has 0 spiro atoms. The van der Waals surface area contributed by atoms with Gasteiger partial charge in [0.05, 0.1) is 22.6 Å². The smallest absolute Gasteiger partial charge is 0.222 e. The van der Waals surface area contributed by atoms with Gasteiger partial charge in [-0.05, 0) is 17.7 Å². The molecule has 0 saturated carbocycles. The summed E-state index contributed by atoms with van der Waals surface area (Å²) in [5.41, 5.74) is 6.26. The van der Waals surface area contributed by atoms with Crippen LogP contribution in [0.5, 0.6) is 0 Å². The second-order valence-electron chi connectivity index (χ2n) is 5.59. The first-order valence-electron chi connectivity index (χ1n) is 6.75. The Hall–Kier alpha value is -0.810. The largest absolute Gasteiger partial charge is 0.380 e. The van der Waals surface area contributed by atoms with Gasteiger partial charge < -0.3 is 15.8 Å². The maximum absolute atomic E-state index is 11.9. The summed E-state index contributed by atoms with van der Waals surface area (Å²) in [5.74, 6) is -0.0829. The number of methoxy groups -OCH3 is 1. The molecule has 21 heavy (non-hydrogen) atoms. The molecule has 3 N–H and O–H groups in total. The van der Waals surface area contributed by atoms with E-state index in [0.717, 1.165) is 5.56 Å². The molecule has 0 aliphatic rings. The molecule has 1 aromatic carbocycles. The molecule has 118 valence electrons. The van der Waals surface area contributed by atoms with Gasteiger partial charge in [0.2, 0.25) is 5.91 Å². The highest BCUT2D eigenvalue weighted by molar-refractivity contribution is 6.42. The van der Waals surface area contributed by atoms with Crippen LogP contribution in [0, 0.1) is 0 Å². The zero-order chi connectivity index (χ0) is 16.0. The normalized spacial score (nSPS) is 13.0. The summed E-state index contributed by atoms with van der Waals surface area (Å²) in [6.07, 6.45) is 0.00265. The Labute approximate surface area is 135 Å². The number of rotatable bonds is 7. The molecular formula is C15H22Cl2N2O2. The maximum Gasteiger partial charge on any atom is 0.222 e. The van der Waals surface area contributed by atoms with Gasteiger partial charge in [-0.2, -0.15) is 0 Å². The predicted octanol–water partition coefficient (Wildman–Crippen LogP) is 2.75. The highest BCUT2D eigenvalue weighted by Gasteiger charge is 2.23. The Balaban J connectivity index is 2.63. The Morgan fingerprint density at radius 3 is 2.57 bits per heavy atom. The Kier molecular flexibility index (Phi) is 6.94. The Bertz CT molecular complexity index is 489. The van der Waals surface area contributed by atoms with Crippen molar-refractivity contribution in [3.8, 4) is 0 Å². The van der Waals surface area contributed by atoms with Crippen LogP contribution in [-0.2, 0) is 14.9 Å². The lowest BCUT2D eigenvalue weighted by Crippen LogP contribution is -2.39. The molecule has 1 unspecified atom stereocenters. The van der Waals surface area contributed by atoms with E-state index in [1.807, 2.05) is 26.0 Å². The van der Waals surface area contributed by atoms with E-state index >= 15 is 0 Å². The zero-order valence-electron chi connectivity index (χ0n) is 12.6. The maximum atomic E-state index is 11.9. The Morgan fingerprint density at radius 2 is 2.05 bits per heavy atom. The zero-order valence-corrected chi connectivity index (χ0v) is 14.1. The first-order chi connectivity index (χ1) is 9.80. The second kappa shape index (κ2) is 7.99. The molecule has 1 aromatic rings. The van der Waals surface area contributed by atoms with Crippen molar-refractivity contribution in [3.05, 3.63) is 33.8 Å². The molecule has 0 radical (unpaired) electrons. The van der Waals surface area contributed by atoms with Crippen molar-refractivity contribution in [3.63, 3.8) is 0 Å². The molecule has 0 saturated heterocycles. The first-order valence-corrected chi connectivity index (χ1v) is 7.51. The summed E-state index contributed by atoms with van der Waals surface area (Å²) in [6, 6.07) is 5.50. The number of halogens is 2. The SMILES string of the molecule is COC(CN)CC(=O)NCC(C)(C)c1ccc(Cl)c(Cl)c1. The van der Waals surface area contributed by atoms with E-state index in [2.05, 4.69) is 5.32 Å².